The lowest BCUT2D eigenvalue weighted by molar-refractivity contribution is 0.0689. The number of carboxylic acid groups (broad SMARTS) is 1. The van der Waals surface area contributed by atoms with Gasteiger partial charge >= 0.3 is 5.97 Å². The predicted molar refractivity (Wildman–Crippen MR) is 64.3 cm³/mol. The highest BCUT2D eigenvalue weighted by atomic mass is 16.5. The van der Waals surface area contributed by atoms with Crippen LogP contribution in [0.3, 0.4) is 0 Å². The molecular formula is C12H13N5O3. The smallest absolute Gasteiger partial charge is 0.358 e. The Kier molecular flexibility index (Phi) is 2.38. The third-order valence-corrected chi connectivity index (χ3v) is 3.65. The van der Waals surface area contributed by atoms with Crippen LogP contribution in [-0.2, 0) is 6.54 Å². The second-order valence-electron chi connectivity index (χ2n) is 5.38. The van der Waals surface area contributed by atoms with Crippen LogP contribution in [0.2, 0.25) is 0 Å². The summed E-state index contributed by atoms with van der Waals surface area (Å²) < 4.78 is 6.77. The molecule has 0 unspecified atom stereocenters. The quantitative estimate of drug-likeness (QED) is 0.872. The fourth-order valence-corrected chi connectivity index (χ4v) is 2.32. The van der Waals surface area contributed by atoms with Gasteiger partial charge in [-0.1, -0.05) is 10.4 Å². The number of hydrogen-bond acceptors (Lipinski definition) is 6. The van der Waals surface area contributed by atoms with Gasteiger partial charge in [-0.2, -0.15) is 4.98 Å². The summed E-state index contributed by atoms with van der Waals surface area (Å²) in [6.45, 7) is 0.284. The molecule has 8 heteroatoms. The van der Waals surface area contributed by atoms with Crippen molar-refractivity contribution in [1.29, 1.82) is 0 Å². The molecule has 0 aliphatic heterocycles. The number of hydrogen-bond donors (Lipinski definition) is 1. The van der Waals surface area contributed by atoms with Gasteiger partial charge in [0, 0.05) is 11.8 Å². The highest BCUT2D eigenvalue weighted by Crippen LogP contribution is 2.41. The Balaban J connectivity index is 1.62. The highest BCUT2D eigenvalue weighted by molar-refractivity contribution is 5.86. The van der Waals surface area contributed by atoms with Crippen molar-refractivity contribution in [3.05, 3.63) is 23.1 Å². The molecule has 8 nitrogen and oxygen atoms in total. The van der Waals surface area contributed by atoms with Crippen LogP contribution in [0.25, 0.3) is 0 Å². The standard InChI is InChI=1S/C12H13N5O3/c18-12(19)9-10(6-1-2-6)17(16-14-9)5-8-13-11(15-20-8)7-3-4-7/h6-7H,1-5H2,(H,18,19). The van der Waals surface area contributed by atoms with Crippen LogP contribution >= 0.6 is 0 Å². The van der Waals surface area contributed by atoms with Crippen LogP contribution in [0.15, 0.2) is 4.52 Å². The van der Waals surface area contributed by atoms with E-state index in [-0.39, 0.29) is 18.2 Å². The average molecular weight is 275 g/mol. The molecule has 0 saturated heterocycles. The lowest BCUT2D eigenvalue weighted by Crippen LogP contribution is -2.08. The molecule has 4 rings (SSSR count). The van der Waals surface area contributed by atoms with E-state index in [9.17, 15) is 4.79 Å². The van der Waals surface area contributed by atoms with Gasteiger partial charge in [0.2, 0.25) is 5.89 Å². The van der Waals surface area contributed by atoms with Gasteiger partial charge < -0.3 is 9.63 Å². The van der Waals surface area contributed by atoms with Gasteiger partial charge in [0.15, 0.2) is 11.5 Å². The van der Waals surface area contributed by atoms with Gasteiger partial charge in [-0.25, -0.2) is 9.48 Å². The summed E-state index contributed by atoms with van der Waals surface area (Å²) >= 11 is 0. The molecule has 0 radical (unpaired) electrons. The summed E-state index contributed by atoms with van der Waals surface area (Å²) in [7, 11) is 0. The SMILES string of the molecule is O=C(O)c1nnn(Cc2nc(C3CC3)no2)c1C1CC1. The first-order chi connectivity index (χ1) is 9.72. The van der Waals surface area contributed by atoms with Gasteiger partial charge in [-0.3, -0.25) is 0 Å². The molecule has 2 saturated carbocycles. The van der Waals surface area contributed by atoms with Crippen molar-refractivity contribution in [3.8, 4) is 0 Å². The van der Waals surface area contributed by atoms with E-state index in [4.69, 9.17) is 9.63 Å². The molecule has 104 valence electrons. The molecule has 2 aromatic heterocycles. The molecule has 2 aromatic rings. The lowest BCUT2D eigenvalue weighted by atomic mass is 10.2. The summed E-state index contributed by atoms with van der Waals surface area (Å²) in [5.41, 5.74) is 0.707. The third-order valence-electron chi connectivity index (χ3n) is 3.65. The molecular weight excluding hydrogens is 262 g/mol. The number of rotatable bonds is 5. The van der Waals surface area contributed by atoms with E-state index in [1.165, 1.54) is 0 Å². The molecule has 0 amide bonds. The Bertz CT molecular complexity index is 668. The van der Waals surface area contributed by atoms with Crippen LogP contribution in [0.1, 0.15) is 65.4 Å². The Morgan fingerprint density at radius 2 is 2.05 bits per heavy atom. The van der Waals surface area contributed by atoms with Crippen molar-refractivity contribution in [1.82, 2.24) is 25.1 Å². The maximum absolute atomic E-state index is 11.2. The normalized spacial score (nSPS) is 18.4. The van der Waals surface area contributed by atoms with E-state index in [1.54, 1.807) is 4.68 Å². The second-order valence-corrected chi connectivity index (χ2v) is 5.38. The Morgan fingerprint density at radius 1 is 1.30 bits per heavy atom. The molecule has 2 aliphatic carbocycles. The van der Waals surface area contributed by atoms with Crippen LogP contribution in [0, 0.1) is 0 Å². The summed E-state index contributed by atoms with van der Waals surface area (Å²) in [6.07, 6.45) is 4.17. The number of aromatic nitrogens is 5. The van der Waals surface area contributed by atoms with Gasteiger partial charge in [-0.05, 0) is 25.7 Å². The summed E-state index contributed by atoms with van der Waals surface area (Å²) in [5.74, 6) is 0.826. The molecule has 0 spiro atoms. The van der Waals surface area contributed by atoms with Crippen molar-refractivity contribution >= 4 is 5.97 Å². The van der Waals surface area contributed by atoms with Crippen LogP contribution in [0.4, 0.5) is 0 Å². The first-order valence-electron chi connectivity index (χ1n) is 6.71. The predicted octanol–water partition coefficient (Wildman–Crippen LogP) is 1.16. The zero-order valence-corrected chi connectivity index (χ0v) is 10.7. The zero-order valence-electron chi connectivity index (χ0n) is 10.7. The summed E-state index contributed by atoms with van der Waals surface area (Å²) in [5, 5.41) is 20.8. The van der Waals surface area contributed by atoms with Gasteiger partial charge in [0.25, 0.3) is 0 Å². The first kappa shape index (κ1) is 11.6. The maximum atomic E-state index is 11.2. The number of carboxylic acids is 1. The fraction of sp³-hybridized carbons (Fsp3) is 0.583. The largest absolute Gasteiger partial charge is 0.476 e. The lowest BCUT2D eigenvalue weighted by Gasteiger charge is -2.02. The van der Waals surface area contributed by atoms with Crippen molar-refractivity contribution in [2.45, 2.75) is 44.1 Å². The molecule has 20 heavy (non-hydrogen) atoms. The number of nitrogens with zero attached hydrogens (tertiary/aromatic N) is 5. The molecule has 2 fully saturated rings. The minimum atomic E-state index is -1.04. The molecule has 1 N–H and O–H groups in total. The molecule has 0 atom stereocenters. The van der Waals surface area contributed by atoms with Gasteiger partial charge in [-0.15, -0.1) is 5.10 Å². The first-order valence-corrected chi connectivity index (χ1v) is 6.71. The second kappa shape index (κ2) is 4.12. The van der Waals surface area contributed by atoms with E-state index in [1.807, 2.05) is 0 Å². The summed E-state index contributed by atoms with van der Waals surface area (Å²) in [4.78, 5) is 15.5. The molecule has 0 aromatic carbocycles. The van der Waals surface area contributed by atoms with Gasteiger partial charge in [0.05, 0.1) is 5.69 Å². The minimum absolute atomic E-state index is 0.0365. The van der Waals surface area contributed by atoms with E-state index >= 15 is 0 Å². The van der Waals surface area contributed by atoms with E-state index < -0.39 is 5.97 Å². The van der Waals surface area contributed by atoms with Crippen molar-refractivity contribution in [2.75, 3.05) is 0 Å². The number of aromatic carboxylic acids is 1. The van der Waals surface area contributed by atoms with Gasteiger partial charge in [0.1, 0.15) is 6.54 Å². The van der Waals surface area contributed by atoms with Crippen molar-refractivity contribution in [3.63, 3.8) is 0 Å². The molecule has 2 heterocycles. The average Bonchev–Trinajstić information content (AvgIpc) is 3.35. The molecule has 2 aliphatic rings. The fourth-order valence-electron chi connectivity index (χ4n) is 2.32. The van der Waals surface area contributed by atoms with E-state index in [0.717, 1.165) is 31.5 Å². The maximum Gasteiger partial charge on any atom is 0.358 e. The van der Waals surface area contributed by atoms with Crippen LogP contribution < -0.4 is 0 Å². The van der Waals surface area contributed by atoms with Crippen molar-refractivity contribution < 1.29 is 14.4 Å². The molecule has 0 bridgehead atoms. The zero-order chi connectivity index (χ0) is 13.7. The van der Waals surface area contributed by atoms with E-state index in [2.05, 4.69) is 20.5 Å². The van der Waals surface area contributed by atoms with E-state index in [0.29, 0.717) is 17.5 Å². The van der Waals surface area contributed by atoms with Crippen molar-refractivity contribution in [2.24, 2.45) is 0 Å². The van der Waals surface area contributed by atoms with Crippen LogP contribution in [-0.4, -0.2) is 36.2 Å². The third kappa shape index (κ3) is 1.97. The topological polar surface area (TPSA) is 107 Å². The highest BCUT2D eigenvalue weighted by Gasteiger charge is 2.34. The number of carbonyl (C=O) groups is 1. The van der Waals surface area contributed by atoms with Crippen LogP contribution in [0.5, 0.6) is 0 Å². The Hall–Kier alpha value is -2.25. The Labute approximate surface area is 113 Å². The minimum Gasteiger partial charge on any atom is -0.476 e. The Morgan fingerprint density at radius 3 is 2.70 bits per heavy atom. The summed E-state index contributed by atoms with van der Waals surface area (Å²) in [6, 6.07) is 0. The monoisotopic (exact) mass is 275 g/mol.